The molecule has 5 rings (SSSR count). The van der Waals surface area contributed by atoms with Gasteiger partial charge in [0.2, 0.25) is 0 Å². The molecule has 1 aromatic carbocycles. The lowest BCUT2D eigenvalue weighted by Crippen LogP contribution is -1.98. The normalized spacial score (nSPS) is 11.6. The highest BCUT2D eigenvalue weighted by molar-refractivity contribution is 7.13. The van der Waals surface area contributed by atoms with E-state index >= 15 is 0 Å². The largest absolute Gasteiger partial charge is 0.298 e. The van der Waals surface area contributed by atoms with Crippen molar-refractivity contribution < 1.29 is 0 Å². The number of para-hydroxylation sites is 1. The van der Waals surface area contributed by atoms with E-state index in [1.165, 1.54) is 11.3 Å². The summed E-state index contributed by atoms with van der Waals surface area (Å²) in [4.78, 5) is 10.6. The third-order valence-corrected chi connectivity index (χ3v) is 5.45. The van der Waals surface area contributed by atoms with Crippen LogP contribution in [0.1, 0.15) is 11.3 Å². The molecule has 0 saturated heterocycles. The average molecular weight is 345 g/mol. The summed E-state index contributed by atoms with van der Waals surface area (Å²) in [6.45, 7) is 4.25. The molecule has 0 atom stereocenters. The van der Waals surface area contributed by atoms with Gasteiger partial charge in [-0.15, -0.1) is 16.4 Å². The Morgan fingerprint density at radius 2 is 1.80 bits per heavy atom. The molecule has 0 aliphatic heterocycles. The van der Waals surface area contributed by atoms with Crippen molar-refractivity contribution in [2.45, 2.75) is 13.8 Å². The molecule has 5 nitrogen and oxygen atoms in total. The number of nitrogens with zero attached hydrogens (tertiary/aromatic N) is 5. The highest BCUT2D eigenvalue weighted by Crippen LogP contribution is 2.31. The van der Waals surface area contributed by atoms with Crippen LogP contribution in [0.5, 0.6) is 0 Å². The second kappa shape index (κ2) is 5.26. The SMILES string of the molecule is Cc1c(C)n(-c2ccccc2)c2ncn3nc(-c4cccs4)nc3c12. The van der Waals surface area contributed by atoms with Gasteiger partial charge < -0.3 is 0 Å². The standard InChI is InChI=1S/C19H15N5S/c1-12-13(2)24(14-7-4-3-5-8-14)18-16(12)19-21-17(15-9-6-10-25-15)22-23(19)11-20-18/h3-11H,1-2H3. The number of aromatic nitrogens is 5. The van der Waals surface area contributed by atoms with Crippen LogP contribution in [0.25, 0.3) is 33.1 Å². The fraction of sp³-hybridized carbons (Fsp3) is 0.105. The molecule has 6 heteroatoms. The second-order valence-electron chi connectivity index (χ2n) is 6.01. The summed E-state index contributed by atoms with van der Waals surface area (Å²) in [5.41, 5.74) is 5.22. The van der Waals surface area contributed by atoms with E-state index in [1.807, 2.05) is 35.7 Å². The maximum absolute atomic E-state index is 4.80. The molecule has 25 heavy (non-hydrogen) atoms. The van der Waals surface area contributed by atoms with Crippen molar-refractivity contribution in [3.63, 3.8) is 0 Å². The van der Waals surface area contributed by atoms with Crippen molar-refractivity contribution in [1.82, 2.24) is 24.1 Å². The van der Waals surface area contributed by atoms with E-state index in [9.17, 15) is 0 Å². The first kappa shape index (κ1) is 14.4. The molecule has 4 heterocycles. The van der Waals surface area contributed by atoms with E-state index in [1.54, 1.807) is 22.2 Å². The Bertz CT molecular complexity index is 1200. The zero-order chi connectivity index (χ0) is 17.0. The van der Waals surface area contributed by atoms with Crippen LogP contribution >= 0.6 is 11.3 Å². The van der Waals surface area contributed by atoms with Crippen LogP contribution in [0.2, 0.25) is 0 Å². The predicted molar refractivity (Wildman–Crippen MR) is 100 cm³/mol. The lowest BCUT2D eigenvalue weighted by Gasteiger charge is -2.07. The molecule has 0 spiro atoms. The van der Waals surface area contributed by atoms with Crippen LogP contribution in [0, 0.1) is 13.8 Å². The van der Waals surface area contributed by atoms with Gasteiger partial charge in [0.05, 0.1) is 10.3 Å². The first-order chi connectivity index (χ1) is 12.2. The summed E-state index contributed by atoms with van der Waals surface area (Å²) >= 11 is 1.64. The topological polar surface area (TPSA) is 48.0 Å². The molecule has 4 aromatic heterocycles. The van der Waals surface area contributed by atoms with Crippen molar-refractivity contribution in [2.75, 3.05) is 0 Å². The van der Waals surface area contributed by atoms with Crippen LogP contribution in [0.3, 0.4) is 0 Å². The molecule has 0 aliphatic carbocycles. The average Bonchev–Trinajstić information content (AvgIpc) is 3.35. The first-order valence-corrected chi connectivity index (χ1v) is 8.94. The molecule has 0 N–H and O–H groups in total. The summed E-state index contributed by atoms with van der Waals surface area (Å²) in [7, 11) is 0. The molecular formula is C19H15N5S. The van der Waals surface area contributed by atoms with Gasteiger partial charge in [0.25, 0.3) is 0 Å². The van der Waals surface area contributed by atoms with Gasteiger partial charge in [0.1, 0.15) is 6.33 Å². The van der Waals surface area contributed by atoms with Gasteiger partial charge in [-0.25, -0.2) is 14.5 Å². The van der Waals surface area contributed by atoms with Gasteiger partial charge in [-0.05, 0) is 43.0 Å². The predicted octanol–water partition coefficient (Wildman–Crippen LogP) is 4.41. The monoisotopic (exact) mass is 345 g/mol. The van der Waals surface area contributed by atoms with Crippen LogP contribution in [0.15, 0.2) is 54.2 Å². The molecule has 0 bridgehead atoms. The third-order valence-electron chi connectivity index (χ3n) is 4.59. The number of aryl methyl sites for hydroxylation is 1. The van der Waals surface area contributed by atoms with Crippen molar-refractivity contribution in [2.24, 2.45) is 0 Å². The maximum atomic E-state index is 4.80. The highest BCUT2D eigenvalue weighted by Gasteiger charge is 2.19. The van der Waals surface area contributed by atoms with Crippen LogP contribution in [0.4, 0.5) is 0 Å². The third kappa shape index (κ3) is 2.04. The van der Waals surface area contributed by atoms with Gasteiger partial charge in [0, 0.05) is 11.4 Å². The van der Waals surface area contributed by atoms with Crippen molar-refractivity contribution in [3.05, 3.63) is 65.4 Å². The number of hydrogen-bond donors (Lipinski definition) is 0. The molecule has 122 valence electrons. The summed E-state index contributed by atoms with van der Waals surface area (Å²) in [5.74, 6) is 0.744. The number of thiophene rings is 1. The minimum absolute atomic E-state index is 0.744. The Morgan fingerprint density at radius 3 is 2.56 bits per heavy atom. The Labute approximate surface area is 148 Å². The van der Waals surface area contributed by atoms with Crippen LogP contribution < -0.4 is 0 Å². The molecule has 0 unspecified atom stereocenters. The van der Waals surface area contributed by atoms with E-state index in [4.69, 9.17) is 4.98 Å². The van der Waals surface area contributed by atoms with E-state index in [-0.39, 0.29) is 0 Å². The fourth-order valence-corrected chi connectivity index (χ4v) is 3.92. The van der Waals surface area contributed by atoms with E-state index in [2.05, 4.69) is 40.6 Å². The Balaban J connectivity index is 1.85. The van der Waals surface area contributed by atoms with E-state index in [0.717, 1.165) is 33.1 Å². The maximum Gasteiger partial charge on any atom is 0.192 e. The molecule has 0 amide bonds. The Hall–Kier alpha value is -2.99. The molecule has 5 aromatic rings. The number of rotatable bonds is 2. The first-order valence-electron chi connectivity index (χ1n) is 8.06. The number of fused-ring (bicyclic) bond motifs is 3. The molecule has 0 aliphatic rings. The van der Waals surface area contributed by atoms with Gasteiger partial charge in [0.15, 0.2) is 17.1 Å². The van der Waals surface area contributed by atoms with Gasteiger partial charge in [-0.2, -0.15) is 0 Å². The number of benzene rings is 1. The minimum atomic E-state index is 0.744. The van der Waals surface area contributed by atoms with Gasteiger partial charge in [-0.1, -0.05) is 24.3 Å². The molecular weight excluding hydrogens is 330 g/mol. The van der Waals surface area contributed by atoms with Gasteiger partial charge in [-0.3, -0.25) is 4.57 Å². The summed E-state index contributed by atoms with van der Waals surface area (Å²) in [5, 5.41) is 7.69. The zero-order valence-corrected chi connectivity index (χ0v) is 14.7. The highest BCUT2D eigenvalue weighted by atomic mass is 32.1. The zero-order valence-electron chi connectivity index (χ0n) is 13.8. The van der Waals surface area contributed by atoms with Crippen LogP contribution in [-0.4, -0.2) is 24.1 Å². The smallest absolute Gasteiger partial charge is 0.192 e. The quantitative estimate of drug-likeness (QED) is 0.476. The van der Waals surface area contributed by atoms with E-state index in [0.29, 0.717) is 0 Å². The summed E-state index contributed by atoms with van der Waals surface area (Å²) in [6.07, 6.45) is 1.75. The Kier molecular flexibility index (Phi) is 3.02. The van der Waals surface area contributed by atoms with Crippen molar-refractivity contribution in [1.29, 1.82) is 0 Å². The Morgan fingerprint density at radius 1 is 0.960 bits per heavy atom. The van der Waals surface area contributed by atoms with Crippen molar-refractivity contribution in [3.8, 4) is 16.4 Å². The van der Waals surface area contributed by atoms with E-state index < -0.39 is 0 Å². The summed E-state index contributed by atoms with van der Waals surface area (Å²) in [6, 6.07) is 14.4. The molecule has 0 radical (unpaired) electrons. The number of hydrogen-bond acceptors (Lipinski definition) is 4. The summed E-state index contributed by atoms with van der Waals surface area (Å²) < 4.78 is 3.96. The second-order valence-corrected chi connectivity index (χ2v) is 6.95. The lowest BCUT2D eigenvalue weighted by molar-refractivity contribution is 0.928. The van der Waals surface area contributed by atoms with Crippen LogP contribution in [-0.2, 0) is 0 Å². The molecule has 0 fully saturated rings. The minimum Gasteiger partial charge on any atom is -0.298 e. The molecule has 0 saturated carbocycles. The fourth-order valence-electron chi connectivity index (χ4n) is 3.26. The van der Waals surface area contributed by atoms with Gasteiger partial charge >= 0.3 is 0 Å². The lowest BCUT2D eigenvalue weighted by atomic mass is 10.2. The van der Waals surface area contributed by atoms with Crippen molar-refractivity contribution >= 4 is 28.0 Å².